The summed E-state index contributed by atoms with van der Waals surface area (Å²) in [6.45, 7) is 0.120. The fraction of sp³-hybridized carbons (Fsp3) is 0.333. The number of hydrogen-bond donors (Lipinski definition) is 10. The second kappa shape index (κ2) is 16.4. The molecule has 0 spiro atoms. The first kappa shape index (κ1) is 34.8. The highest BCUT2D eigenvalue weighted by atomic mass is 16.4. The maximum atomic E-state index is 13.4. The van der Waals surface area contributed by atoms with Gasteiger partial charge in [0.25, 0.3) is 0 Å². The molecule has 4 unspecified atom stereocenters. The first-order valence-electron chi connectivity index (χ1n) is 14.3. The lowest BCUT2D eigenvalue weighted by Gasteiger charge is -2.25. The minimum atomic E-state index is -1.62. The van der Waals surface area contributed by atoms with Crippen molar-refractivity contribution in [3.05, 3.63) is 65.9 Å². The molecule has 3 amide bonds. The maximum Gasteiger partial charge on any atom is 0.326 e. The van der Waals surface area contributed by atoms with Crippen molar-refractivity contribution >= 4 is 46.5 Å². The second-order valence-corrected chi connectivity index (χ2v) is 10.6. The highest BCUT2D eigenvalue weighted by Gasteiger charge is 2.32. The number of aromatic amines is 1. The van der Waals surface area contributed by atoms with Gasteiger partial charge in [-0.1, -0.05) is 30.3 Å². The molecule has 3 rings (SSSR count). The van der Waals surface area contributed by atoms with Crippen molar-refractivity contribution in [3.8, 4) is 5.75 Å². The van der Waals surface area contributed by atoms with Crippen LogP contribution in [0, 0.1) is 0 Å². The van der Waals surface area contributed by atoms with Gasteiger partial charge in [-0.2, -0.15) is 0 Å². The number of aromatic hydroxyl groups is 1. The number of hydrogen-bond acceptors (Lipinski definition) is 8. The highest BCUT2D eigenvalue weighted by Crippen LogP contribution is 2.19. The SMILES string of the molecule is NC(N)=NCCCC(NC(=O)C(Cc1ccc(O)cc1)NC(=O)C(CC(=O)O)NC(=O)C(N)Cc1c[nH]c2ccccc12)C(=O)O. The van der Waals surface area contributed by atoms with E-state index in [1.54, 1.807) is 6.20 Å². The van der Waals surface area contributed by atoms with Gasteiger partial charge in [0, 0.05) is 30.1 Å². The molecular formula is C30H38N8O8. The number of amides is 3. The Morgan fingerprint density at radius 3 is 2.11 bits per heavy atom. The third-order valence-electron chi connectivity index (χ3n) is 7.03. The van der Waals surface area contributed by atoms with Gasteiger partial charge in [0.2, 0.25) is 17.7 Å². The van der Waals surface area contributed by atoms with Crippen LogP contribution >= 0.6 is 0 Å². The average Bonchev–Trinajstić information content (AvgIpc) is 3.40. The lowest BCUT2D eigenvalue weighted by molar-refractivity contribution is -0.143. The quantitative estimate of drug-likeness (QED) is 0.0488. The van der Waals surface area contributed by atoms with Crippen LogP contribution in [0.25, 0.3) is 10.9 Å². The number of para-hydroxylation sites is 1. The predicted octanol–water partition coefficient (Wildman–Crippen LogP) is -0.947. The van der Waals surface area contributed by atoms with Crippen molar-refractivity contribution in [2.75, 3.05) is 6.54 Å². The second-order valence-electron chi connectivity index (χ2n) is 10.6. The van der Waals surface area contributed by atoms with Gasteiger partial charge in [0.1, 0.15) is 23.9 Å². The molecule has 16 nitrogen and oxygen atoms in total. The Labute approximate surface area is 263 Å². The summed E-state index contributed by atoms with van der Waals surface area (Å²) in [5.41, 5.74) is 18.8. The number of aromatic nitrogens is 1. The Morgan fingerprint density at radius 2 is 1.46 bits per heavy atom. The standard InChI is InChI=1S/C30H38N8O8/c31-20(13-17-15-35-21-5-2-1-4-19(17)21)26(42)37-24(14-25(40)41)28(44)38-23(12-16-7-9-18(39)10-8-16)27(43)36-22(29(45)46)6-3-11-34-30(32)33/h1-2,4-5,7-10,15,20,22-24,35,39H,3,6,11-14,31H2,(H,36,43)(H,37,42)(H,38,44)(H,40,41)(H,45,46)(H4,32,33,34). The largest absolute Gasteiger partial charge is 0.508 e. The van der Waals surface area contributed by atoms with Gasteiger partial charge in [0.15, 0.2) is 5.96 Å². The molecule has 46 heavy (non-hydrogen) atoms. The number of carboxylic acids is 2. The molecule has 16 heteroatoms. The van der Waals surface area contributed by atoms with E-state index in [0.29, 0.717) is 5.56 Å². The van der Waals surface area contributed by atoms with Gasteiger partial charge in [-0.25, -0.2) is 4.79 Å². The molecule has 0 saturated carbocycles. The summed E-state index contributed by atoms with van der Waals surface area (Å²) < 4.78 is 0. The van der Waals surface area contributed by atoms with E-state index in [-0.39, 0.29) is 43.9 Å². The van der Waals surface area contributed by atoms with E-state index >= 15 is 0 Å². The van der Waals surface area contributed by atoms with E-state index < -0.39 is 60.2 Å². The van der Waals surface area contributed by atoms with Crippen LogP contribution in [-0.2, 0) is 36.8 Å². The molecule has 0 saturated heterocycles. The number of guanidine groups is 1. The Hall–Kier alpha value is -5.64. The van der Waals surface area contributed by atoms with Gasteiger partial charge in [-0.3, -0.25) is 24.2 Å². The molecule has 13 N–H and O–H groups in total. The fourth-order valence-corrected chi connectivity index (χ4v) is 4.68. The van der Waals surface area contributed by atoms with Crippen molar-refractivity contribution in [3.63, 3.8) is 0 Å². The molecule has 1 heterocycles. The summed E-state index contributed by atoms with van der Waals surface area (Å²) in [6, 6.07) is 7.55. The minimum absolute atomic E-state index is 0.0380. The summed E-state index contributed by atoms with van der Waals surface area (Å²) >= 11 is 0. The number of nitrogens with zero attached hydrogens (tertiary/aromatic N) is 1. The molecule has 0 aliphatic carbocycles. The first-order valence-corrected chi connectivity index (χ1v) is 14.3. The van der Waals surface area contributed by atoms with Crippen molar-refractivity contribution in [1.29, 1.82) is 0 Å². The van der Waals surface area contributed by atoms with E-state index in [0.717, 1.165) is 16.5 Å². The van der Waals surface area contributed by atoms with Crippen LogP contribution in [0.5, 0.6) is 5.75 Å². The third kappa shape index (κ3) is 10.5. The smallest absolute Gasteiger partial charge is 0.326 e. The summed E-state index contributed by atoms with van der Waals surface area (Å²) in [5, 5.41) is 36.8. The zero-order chi connectivity index (χ0) is 33.8. The van der Waals surface area contributed by atoms with Crippen LogP contribution in [0.2, 0.25) is 0 Å². The van der Waals surface area contributed by atoms with Crippen molar-refractivity contribution in [2.45, 2.75) is 56.3 Å². The zero-order valence-electron chi connectivity index (χ0n) is 24.8. The minimum Gasteiger partial charge on any atom is -0.508 e. The molecule has 4 atom stereocenters. The Bertz CT molecular complexity index is 1570. The number of nitrogens with two attached hydrogens (primary N) is 3. The molecule has 0 radical (unpaired) electrons. The number of H-pyrrole nitrogens is 1. The monoisotopic (exact) mass is 638 g/mol. The van der Waals surface area contributed by atoms with Gasteiger partial charge in [-0.05, 0) is 48.6 Å². The summed E-state index contributed by atoms with van der Waals surface area (Å²) in [6.07, 6.45) is 0.985. The number of aliphatic imine (C=N–C) groups is 1. The van der Waals surface area contributed by atoms with E-state index in [1.807, 2.05) is 24.3 Å². The van der Waals surface area contributed by atoms with E-state index in [4.69, 9.17) is 17.2 Å². The molecule has 0 aliphatic rings. The van der Waals surface area contributed by atoms with E-state index in [2.05, 4.69) is 25.9 Å². The maximum absolute atomic E-state index is 13.4. The summed E-state index contributed by atoms with van der Waals surface area (Å²) in [5.74, 6) is -5.65. The summed E-state index contributed by atoms with van der Waals surface area (Å²) in [7, 11) is 0. The Balaban J connectivity index is 1.76. The molecule has 0 bridgehead atoms. The number of phenols is 1. The van der Waals surface area contributed by atoms with Crippen LogP contribution in [0.15, 0.2) is 59.7 Å². The number of rotatable bonds is 17. The molecule has 3 aromatic rings. The molecule has 1 aromatic heterocycles. The number of fused-ring (bicyclic) bond motifs is 1. The molecule has 0 aliphatic heterocycles. The average molecular weight is 639 g/mol. The van der Waals surface area contributed by atoms with Crippen molar-refractivity contribution in [1.82, 2.24) is 20.9 Å². The molecule has 2 aromatic carbocycles. The Kier molecular flexibility index (Phi) is 12.5. The number of carbonyl (C=O) groups is 5. The lowest BCUT2D eigenvalue weighted by Crippen LogP contribution is -2.58. The number of carboxylic acid groups (broad SMARTS) is 2. The van der Waals surface area contributed by atoms with E-state index in [1.165, 1.54) is 24.3 Å². The van der Waals surface area contributed by atoms with Gasteiger partial charge < -0.3 is 53.5 Å². The molecular weight excluding hydrogens is 600 g/mol. The number of carbonyl (C=O) groups excluding carboxylic acids is 3. The zero-order valence-corrected chi connectivity index (χ0v) is 24.8. The normalized spacial score (nSPS) is 13.5. The number of nitrogens with one attached hydrogen (secondary N) is 4. The fourth-order valence-electron chi connectivity index (χ4n) is 4.68. The molecule has 0 fully saturated rings. The first-order chi connectivity index (χ1) is 21.8. The number of benzene rings is 2. The third-order valence-corrected chi connectivity index (χ3v) is 7.03. The Morgan fingerprint density at radius 1 is 0.826 bits per heavy atom. The lowest BCUT2D eigenvalue weighted by atomic mass is 10.0. The topological polar surface area (TPSA) is 288 Å². The van der Waals surface area contributed by atoms with Crippen LogP contribution in [0.1, 0.15) is 30.4 Å². The van der Waals surface area contributed by atoms with Crippen LogP contribution in [0.3, 0.4) is 0 Å². The number of aliphatic carboxylic acids is 2. The van der Waals surface area contributed by atoms with Gasteiger partial charge in [0.05, 0.1) is 12.5 Å². The van der Waals surface area contributed by atoms with E-state index in [9.17, 15) is 39.3 Å². The summed E-state index contributed by atoms with van der Waals surface area (Å²) in [4.78, 5) is 70.1. The van der Waals surface area contributed by atoms with Gasteiger partial charge in [-0.15, -0.1) is 0 Å². The van der Waals surface area contributed by atoms with Crippen LogP contribution in [-0.4, -0.2) is 86.6 Å². The van der Waals surface area contributed by atoms with Crippen molar-refractivity contribution in [2.24, 2.45) is 22.2 Å². The van der Waals surface area contributed by atoms with Crippen molar-refractivity contribution < 1.29 is 39.3 Å². The predicted molar refractivity (Wildman–Crippen MR) is 167 cm³/mol. The molecule has 246 valence electrons. The van der Waals surface area contributed by atoms with Gasteiger partial charge >= 0.3 is 11.9 Å². The van der Waals surface area contributed by atoms with Crippen LogP contribution < -0.4 is 33.2 Å². The van der Waals surface area contributed by atoms with Crippen LogP contribution in [0.4, 0.5) is 0 Å². The number of phenolic OH excluding ortho intramolecular Hbond substituents is 1. The highest BCUT2D eigenvalue weighted by molar-refractivity contribution is 5.96.